The van der Waals surface area contributed by atoms with E-state index in [0.717, 1.165) is 64.2 Å². The summed E-state index contributed by atoms with van der Waals surface area (Å²) in [5.74, 6) is -1.00. The Morgan fingerprint density at radius 1 is 0.544 bits per heavy atom. The molecule has 0 amide bonds. The molecule has 2 atom stereocenters. The van der Waals surface area contributed by atoms with Crippen LogP contribution in [0.25, 0.3) is 0 Å². The first-order chi connectivity index (χ1) is 27.8. The minimum atomic E-state index is -4.42. The zero-order valence-electron chi connectivity index (χ0n) is 35.3. The molecule has 0 radical (unpaired) electrons. The van der Waals surface area contributed by atoms with Crippen LogP contribution in [0.4, 0.5) is 0 Å². The predicted molar refractivity (Wildman–Crippen MR) is 238 cm³/mol. The summed E-state index contributed by atoms with van der Waals surface area (Å²) in [6.07, 6.45) is 55.7. The SMILES string of the molecule is CC/C=C\C/C=C\C/C=C\C/C=C\C/C=C\C/C=C\CCC(=O)O[C@H](COC(=O)CCC/C=C\C/C=C\C/C=C\CCCCCCCC)COP(=O)(O)OCCN. The summed E-state index contributed by atoms with van der Waals surface area (Å²) >= 11 is 0. The highest BCUT2D eigenvalue weighted by molar-refractivity contribution is 7.47. The van der Waals surface area contributed by atoms with E-state index >= 15 is 0 Å². The zero-order chi connectivity index (χ0) is 41.8. The fourth-order valence-electron chi connectivity index (χ4n) is 5.03. The van der Waals surface area contributed by atoms with Crippen LogP contribution in [0.3, 0.4) is 0 Å². The quantitative estimate of drug-likeness (QED) is 0.0270. The number of rotatable bonds is 38. The second-order valence-electron chi connectivity index (χ2n) is 13.5. The van der Waals surface area contributed by atoms with E-state index in [0.29, 0.717) is 12.8 Å². The van der Waals surface area contributed by atoms with Gasteiger partial charge in [-0.2, -0.15) is 0 Å². The van der Waals surface area contributed by atoms with Gasteiger partial charge in [-0.15, -0.1) is 0 Å². The van der Waals surface area contributed by atoms with Crippen LogP contribution in [-0.4, -0.2) is 49.3 Å². The highest BCUT2D eigenvalue weighted by Gasteiger charge is 2.25. The van der Waals surface area contributed by atoms with Crippen molar-refractivity contribution in [2.45, 2.75) is 148 Å². The number of carbonyl (C=O) groups excluding carboxylic acids is 2. The molecule has 3 N–H and O–H groups in total. The summed E-state index contributed by atoms with van der Waals surface area (Å²) in [4.78, 5) is 34.8. The number of hydrogen-bond donors (Lipinski definition) is 2. The van der Waals surface area contributed by atoms with Crippen molar-refractivity contribution < 1.29 is 37.6 Å². The summed E-state index contributed by atoms with van der Waals surface area (Å²) in [5, 5.41) is 0. The van der Waals surface area contributed by atoms with Gasteiger partial charge in [-0.3, -0.25) is 18.6 Å². The molecule has 0 saturated carbocycles. The van der Waals surface area contributed by atoms with Crippen LogP contribution in [0.5, 0.6) is 0 Å². The third-order valence-electron chi connectivity index (χ3n) is 8.16. The van der Waals surface area contributed by atoms with Crippen molar-refractivity contribution in [3.05, 3.63) is 109 Å². The molecular formula is C47H76NO8P. The maximum atomic E-state index is 12.5. The Balaban J connectivity index is 4.40. The minimum absolute atomic E-state index is 0.0292. The maximum absolute atomic E-state index is 12.5. The standard InChI is InChI=1S/C47H76NO8P/c1-3-5-7-9-11-13-15-17-19-21-22-24-26-28-30-32-34-36-38-40-47(50)56-45(44-55-57(51,52)54-42-41-48)43-53-46(49)39-37-35-33-31-29-27-25-23-20-18-16-14-12-10-8-6-4-2/h5,7,11,13,17-20,22,24-25,27-28,30-31,33-34,36,45H,3-4,6,8-10,12,14-16,21,23,26,29,32,35,37-44,48H2,1-2H3,(H,51,52)/b7-5-,13-11-,19-17-,20-18-,24-22-,27-25-,30-28-,33-31-,36-34-/t45-/m1/s1. The third-order valence-corrected chi connectivity index (χ3v) is 9.14. The molecule has 0 aromatic carbocycles. The average Bonchev–Trinajstić information content (AvgIpc) is 3.20. The van der Waals surface area contributed by atoms with E-state index in [2.05, 4.69) is 105 Å². The molecule has 10 heteroatoms. The number of carbonyl (C=O) groups is 2. The molecule has 0 spiro atoms. The zero-order valence-corrected chi connectivity index (χ0v) is 36.2. The number of esters is 2. The van der Waals surface area contributed by atoms with Crippen LogP contribution in [0.15, 0.2) is 109 Å². The van der Waals surface area contributed by atoms with E-state index in [-0.39, 0.29) is 32.6 Å². The maximum Gasteiger partial charge on any atom is 0.472 e. The lowest BCUT2D eigenvalue weighted by Crippen LogP contribution is -2.29. The Morgan fingerprint density at radius 2 is 1.00 bits per heavy atom. The van der Waals surface area contributed by atoms with Gasteiger partial charge in [-0.25, -0.2) is 4.57 Å². The van der Waals surface area contributed by atoms with Crippen molar-refractivity contribution in [1.82, 2.24) is 0 Å². The molecule has 322 valence electrons. The molecule has 0 aliphatic rings. The van der Waals surface area contributed by atoms with Gasteiger partial charge in [0.1, 0.15) is 6.61 Å². The first-order valence-corrected chi connectivity index (χ1v) is 22.9. The molecule has 0 fully saturated rings. The fourth-order valence-corrected chi connectivity index (χ4v) is 5.79. The number of phosphoric ester groups is 1. The Hall–Kier alpha value is -3.33. The molecule has 1 unspecified atom stereocenters. The summed E-state index contributed by atoms with van der Waals surface area (Å²) in [6, 6.07) is 0. The lowest BCUT2D eigenvalue weighted by molar-refractivity contribution is -0.161. The fraction of sp³-hybridized carbons (Fsp3) is 0.574. The number of hydrogen-bond acceptors (Lipinski definition) is 8. The lowest BCUT2D eigenvalue weighted by Gasteiger charge is -2.19. The second kappa shape index (κ2) is 42.3. The van der Waals surface area contributed by atoms with E-state index < -0.39 is 32.5 Å². The van der Waals surface area contributed by atoms with E-state index in [9.17, 15) is 19.0 Å². The van der Waals surface area contributed by atoms with Crippen LogP contribution in [0.2, 0.25) is 0 Å². The highest BCUT2D eigenvalue weighted by Crippen LogP contribution is 2.43. The van der Waals surface area contributed by atoms with Crippen LogP contribution in [0, 0.1) is 0 Å². The molecule has 0 saturated heterocycles. The summed E-state index contributed by atoms with van der Waals surface area (Å²) in [7, 11) is -4.42. The Kier molecular flexibility index (Phi) is 39.8. The van der Waals surface area contributed by atoms with Gasteiger partial charge in [-0.1, -0.05) is 155 Å². The lowest BCUT2D eigenvalue weighted by atomic mass is 10.1. The van der Waals surface area contributed by atoms with Crippen LogP contribution in [0.1, 0.15) is 142 Å². The molecular weight excluding hydrogens is 737 g/mol. The van der Waals surface area contributed by atoms with Crippen molar-refractivity contribution >= 4 is 19.8 Å². The highest BCUT2D eigenvalue weighted by atomic mass is 31.2. The molecule has 0 rings (SSSR count). The van der Waals surface area contributed by atoms with E-state index in [1.807, 2.05) is 18.2 Å². The van der Waals surface area contributed by atoms with Crippen molar-refractivity contribution in [2.24, 2.45) is 5.73 Å². The Morgan fingerprint density at radius 3 is 1.51 bits per heavy atom. The van der Waals surface area contributed by atoms with Crippen molar-refractivity contribution in [3.8, 4) is 0 Å². The summed E-state index contributed by atoms with van der Waals surface area (Å²) in [6.45, 7) is 3.43. The van der Waals surface area contributed by atoms with Crippen molar-refractivity contribution in [1.29, 1.82) is 0 Å². The van der Waals surface area contributed by atoms with Crippen molar-refractivity contribution in [3.63, 3.8) is 0 Å². The van der Waals surface area contributed by atoms with Gasteiger partial charge in [0.15, 0.2) is 6.10 Å². The Bertz CT molecular complexity index is 1290. The van der Waals surface area contributed by atoms with Crippen LogP contribution >= 0.6 is 7.82 Å². The average molecular weight is 814 g/mol. The first-order valence-electron chi connectivity index (χ1n) is 21.4. The van der Waals surface area contributed by atoms with Gasteiger partial charge < -0.3 is 20.1 Å². The number of phosphoric acid groups is 1. The summed E-state index contributed by atoms with van der Waals surface area (Å²) in [5.41, 5.74) is 5.34. The van der Waals surface area contributed by atoms with E-state index in [1.165, 1.54) is 38.5 Å². The topological polar surface area (TPSA) is 134 Å². The second-order valence-corrected chi connectivity index (χ2v) is 14.9. The smallest absolute Gasteiger partial charge is 0.462 e. The monoisotopic (exact) mass is 814 g/mol. The van der Waals surface area contributed by atoms with Crippen molar-refractivity contribution in [2.75, 3.05) is 26.4 Å². The minimum Gasteiger partial charge on any atom is -0.462 e. The number of nitrogens with two attached hydrogens (primary N) is 1. The van der Waals surface area contributed by atoms with E-state index in [1.54, 1.807) is 0 Å². The molecule has 0 aliphatic heterocycles. The van der Waals surface area contributed by atoms with Crippen LogP contribution in [-0.2, 0) is 32.7 Å². The number of allylic oxidation sites excluding steroid dienone is 18. The van der Waals surface area contributed by atoms with Gasteiger partial charge in [0.05, 0.1) is 13.2 Å². The third kappa shape index (κ3) is 42.1. The first kappa shape index (κ1) is 53.7. The number of unbranched alkanes of at least 4 members (excludes halogenated alkanes) is 7. The van der Waals surface area contributed by atoms with Crippen LogP contribution < -0.4 is 5.73 Å². The molecule has 0 bridgehead atoms. The largest absolute Gasteiger partial charge is 0.472 e. The molecule has 9 nitrogen and oxygen atoms in total. The molecule has 0 aromatic heterocycles. The normalized spacial score (nSPS) is 14.4. The summed E-state index contributed by atoms with van der Waals surface area (Å²) < 4.78 is 32.6. The predicted octanol–water partition coefficient (Wildman–Crippen LogP) is 12.4. The molecule has 0 aromatic rings. The number of ether oxygens (including phenoxy) is 2. The van der Waals surface area contributed by atoms with Gasteiger partial charge in [0.25, 0.3) is 0 Å². The van der Waals surface area contributed by atoms with Gasteiger partial charge in [0.2, 0.25) is 0 Å². The van der Waals surface area contributed by atoms with E-state index in [4.69, 9.17) is 24.3 Å². The Labute approximate surface area is 346 Å². The van der Waals surface area contributed by atoms with Gasteiger partial charge in [-0.05, 0) is 83.5 Å². The molecule has 57 heavy (non-hydrogen) atoms. The molecule has 0 aliphatic carbocycles. The van der Waals surface area contributed by atoms with Gasteiger partial charge in [0, 0.05) is 19.4 Å². The van der Waals surface area contributed by atoms with Gasteiger partial charge >= 0.3 is 19.8 Å². The molecule has 0 heterocycles.